The van der Waals surface area contributed by atoms with Gasteiger partial charge >= 0.3 is 5.97 Å². The zero-order chi connectivity index (χ0) is 10.6. The van der Waals surface area contributed by atoms with Crippen molar-refractivity contribution < 1.29 is 14.6 Å². The van der Waals surface area contributed by atoms with Gasteiger partial charge in [0, 0.05) is 13.0 Å². The summed E-state index contributed by atoms with van der Waals surface area (Å²) >= 11 is 0. The fourth-order valence-corrected chi connectivity index (χ4v) is 1.39. The number of aliphatic hydroxyl groups excluding tert-OH is 1. The Labute approximate surface area is 84.6 Å². The number of esters is 1. The maximum atomic E-state index is 11.4. The zero-order valence-corrected chi connectivity index (χ0v) is 8.82. The van der Waals surface area contributed by atoms with Crippen molar-refractivity contribution in [3.63, 3.8) is 0 Å². The molecule has 2 N–H and O–H groups in total. The SMILES string of the molecule is CC(C)CCOC(=O)[C@@H]1CC(O)CN1. The smallest absolute Gasteiger partial charge is 0.323 e. The lowest BCUT2D eigenvalue weighted by Crippen LogP contribution is -2.32. The fourth-order valence-electron chi connectivity index (χ4n) is 1.39. The second-order valence-electron chi connectivity index (χ2n) is 4.20. The van der Waals surface area contributed by atoms with Gasteiger partial charge < -0.3 is 15.2 Å². The van der Waals surface area contributed by atoms with Gasteiger partial charge in [0.25, 0.3) is 0 Å². The molecule has 1 saturated heterocycles. The van der Waals surface area contributed by atoms with Crippen LogP contribution < -0.4 is 5.32 Å². The molecule has 1 unspecified atom stereocenters. The van der Waals surface area contributed by atoms with Crippen molar-refractivity contribution >= 4 is 5.97 Å². The van der Waals surface area contributed by atoms with Gasteiger partial charge in [-0.25, -0.2) is 0 Å². The van der Waals surface area contributed by atoms with Crippen LogP contribution in [0.25, 0.3) is 0 Å². The maximum absolute atomic E-state index is 11.4. The van der Waals surface area contributed by atoms with Gasteiger partial charge in [-0.3, -0.25) is 4.79 Å². The average Bonchev–Trinajstić information content (AvgIpc) is 2.51. The molecule has 1 heterocycles. The molecule has 1 fully saturated rings. The van der Waals surface area contributed by atoms with Crippen molar-refractivity contribution in [3.05, 3.63) is 0 Å². The van der Waals surface area contributed by atoms with Crippen molar-refractivity contribution in [1.82, 2.24) is 5.32 Å². The van der Waals surface area contributed by atoms with Gasteiger partial charge in [-0.15, -0.1) is 0 Å². The third-order valence-electron chi connectivity index (χ3n) is 2.33. The summed E-state index contributed by atoms with van der Waals surface area (Å²) in [4.78, 5) is 11.4. The van der Waals surface area contributed by atoms with E-state index in [2.05, 4.69) is 19.2 Å². The van der Waals surface area contributed by atoms with Crippen LogP contribution in [-0.4, -0.2) is 36.4 Å². The zero-order valence-electron chi connectivity index (χ0n) is 8.82. The second-order valence-corrected chi connectivity index (χ2v) is 4.20. The average molecular weight is 201 g/mol. The third kappa shape index (κ3) is 3.64. The van der Waals surface area contributed by atoms with Crippen LogP contribution in [0.5, 0.6) is 0 Å². The first-order valence-electron chi connectivity index (χ1n) is 5.17. The Balaban J connectivity index is 2.15. The Morgan fingerprint density at radius 3 is 2.86 bits per heavy atom. The molecule has 0 aromatic heterocycles. The van der Waals surface area contributed by atoms with E-state index in [9.17, 15) is 9.90 Å². The minimum atomic E-state index is -0.405. The molecule has 0 spiro atoms. The lowest BCUT2D eigenvalue weighted by molar-refractivity contribution is -0.146. The Morgan fingerprint density at radius 1 is 1.64 bits per heavy atom. The van der Waals surface area contributed by atoms with E-state index in [0.29, 0.717) is 25.5 Å². The number of ether oxygens (including phenoxy) is 1. The first-order chi connectivity index (χ1) is 6.59. The number of aliphatic hydroxyl groups is 1. The topological polar surface area (TPSA) is 58.6 Å². The Morgan fingerprint density at radius 2 is 2.36 bits per heavy atom. The van der Waals surface area contributed by atoms with Gasteiger partial charge in [-0.1, -0.05) is 13.8 Å². The van der Waals surface area contributed by atoms with E-state index in [1.807, 2.05) is 0 Å². The van der Waals surface area contributed by atoms with E-state index in [-0.39, 0.29) is 12.0 Å². The molecule has 82 valence electrons. The molecule has 1 rings (SSSR count). The largest absolute Gasteiger partial charge is 0.465 e. The molecule has 0 bridgehead atoms. The molecule has 0 radical (unpaired) electrons. The summed E-state index contributed by atoms with van der Waals surface area (Å²) in [5.41, 5.74) is 0. The molecule has 1 aliphatic rings. The van der Waals surface area contributed by atoms with Gasteiger partial charge in [0.15, 0.2) is 0 Å². The molecule has 1 aliphatic heterocycles. The van der Waals surface area contributed by atoms with Crippen molar-refractivity contribution in [2.24, 2.45) is 5.92 Å². The minimum Gasteiger partial charge on any atom is -0.465 e. The quantitative estimate of drug-likeness (QED) is 0.642. The van der Waals surface area contributed by atoms with E-state index in [1.165, 1.54) is 0 Å². The second kappa shape index (κ2) is 5.32. The highest BCUT2D eigenvalue weighted by atomic mass is 16.5. The number of hydrogen-bond donors (Lipinski definition) is 2. The molecule has 4 heteroatoms. The molecule has 4 nitrogen and oxygen atoms in total. The molecule has 0 amide bonds. The summed E-state index contributed by atoms with van der Waals surface area (Å²) in [6, 6.07) is -0.308. The highest BCUT2D eigenvalue weighted by Crippen LogP contribution is 2.08. The monoisotopic (exact) mass is 201 g/mol. The summed E-state index contributed by atoms with van der Waals surface area (Å²) in [6.07, 6.45) is 0.958. The summed E-state index contributed by atoms with van der Waals surface area (Å²) in [5.74, 6) is 0.312. The van der Waals surface area contributed by atoms with Crippen LogP contribution in [0, 0.1) is 5.92 Å². The van der Waals surface area contributed by atoms with Crippen LogP contribution in [0.15, 0.2) is 0 Å². The first-order valence-corrected chi connectivity index (χ1v) is 5.17. The van der Waals surface area contributed by atoms with Gasteiger partial charge in [-0.2, -0.15) is 0 Å². The number of rotatable bonds is 4. The van der Waals surface area contributed by atoms with Crippen LogP contribution >= 0.6 is 0 Å². The highest BCUT2D eigenvalue weighted by Gasteiger charge is 2.28. The van der Waals surface area contributed by atoms with Crippen LogP contribution in [0.2, 0.25) is 0 Å². The van der Waals surface area contributed by atoms with Gasteiger partial charge in [-0.05, 0) is 12.3 Å². The third-order valence-corrected chi connectivity index (χ3v) is 2.33. The predicted molar refractivity (Wildman–Crippen MR) is 52.8 cm³/mol. The molecule has 0 aliphatic carbocycles. The number of carbonyl (C=O) groups excluding carboxylic acids is 1. The van der Waals surface area contributed by atoms with Crippen LogP contribution in [0.4, 0.5) is 0 Å². The highest BCUT2D eigenvalue weighted by molar-refractivity contribution is 5.76. The van der Waals surface area contributed by atoms with Gasteiger partial charge in [0.05, 0.1) is 12.7 Å². The Kier molecular flexibility index (Phi) is 4.35. The molecule has 0 saturated carbocycles. The molecule has 0 aromatic rings. The molecular formula is C10H19NO3. The van der Waals surface area contributed by atoms with E-state index in [4.69, 9.17) is 4.74 Å². The summed E-state index contributed by atoms with van der Waals surface area (Å²) in [6.45, 7) is 5.14. The van der Waals surface area contributed by atoms with E-state index in [1.54, 1.807) is 0 Å². The van der Waals surface area contributed by atoms with Crippen molar-refractivity contribution in [1.29, 1.82) is 0 Å². The maximum Gasteiger partial charge on any atom is 0.323 e. The van der Waals surface area contributed by atoms with Gasteiger partial charge in [0.2, 0.25) is 0 Å². The van der Waals surface area contributed by atoms with E-state index < -0.39 is 6.10 Å². The summed E-state index contributed by atoms with van der Waals surface area (Å²) < 4.78 is 5.07. The number of nitrogens with one attached hydrogen (secondary N) is 1. The molecule has 14 heavy (non-hydrogen) atoms. The molecular weight excluding hydrogens is 182 g/mol. The minimum absolute atomic E-state index is 0.234. The summed E-state index contributed by atoms with van der Waals surface area (Å²) in [7, 11) is 0. The van der Waals surface area contributed by atoms with Crippen LogP contribution in [-0.2, 0) is 9.53 Å². The number of hydrogen-bond acceptors (Lipinski definition) is 4. The Hall–Kier alpha value is -0.610. The van der Waals surface area contributed by atoms with E-state index in [0.717, 1.165) is 6.42 Å². The van der Waals surface area contributed by atoms with Gasteiger partial charge in [0.1, 0.15) is 6.04 Å². The molecule has 0 aromatic carbocycles. The lowest BCUT2D eigenvalue weighted by Gasteiger charge is -2.10. The normalized spacial score (nSPS) is 26.9. The Bertz CT molecular complexity index is 194. The number of β-amino-alcohol motifs (C(OH)–C–C–N with tert-alkyl or cyclic N) is 1. The van der Waals surface area contributed by atoms with Crippen molar-refractivity contribution in [2.75, 3.05) is 13.2 Å². The standard InChI is InChI=1S/C10H19NO3/c1-7(2)3-4-14-10(13)9-5-8(12)6-11-9/h7-9,11-12H,3-6H2,1-2H3/t8?,9-/m0/s1. The van der Waals surface area contributed by atoms with Crippen LogP contribution in [0.3, 0.4) is 0 Å². The fraction of sp³-hybridized carbons (Fsp3) is 0.900. The predicted octanol–water partition coefficient (Wildman–Crippen LogP) is 0.299. The van der Waals surface area contributed by atoms with Crippen molar-refractivity contribution in [2.45, 2.75) is 38.8 Å². The van der Waals surface area contributed by atoms with Crippen molar-refractivity contribution in [3.8, 4) is 0 Å². The summed E-state index contributed by atoms with van der Waals surface area (Å²) in [5, 5.41) is 12.1. The van der Waals surface area contributed by atoms with Crippen LogP contribution in [0.1, 0.15) is 26.7 Å². The van der Waals surface area contributed by atoms with E-state index >= 15 is 0 Å². The lowest BCUT2D eigenvalue weighted by atomic mass is 10.1. The molecule has 2 atom stereocenters. The first kappa shape index (κ1) is 11.5. The number of carbonyl (C=O) groups is 1.